The van der Waals surface area contributed by atoms with Crippen molar-refractivity contribution in [2.75, 3.05) is 13.7 Å². The number of benzene rings is 2. The van der Waals surface area contributed by atoms with E-state index in [0.29, 0.717) is 5.75 Å². The predicted molar refractivity (Wildman–Crippen MR) is 134 cm³/mol. The second kappa shape index (κ2) is 9.59. The molecule has 0 amide bonds. The Balaban J connectivity index is 1.25. The van der Waals surface area contributed by atoms with Crippen molar-refractivity contribution < 1.29 is 14.0 Å². The average Bonchev–Trinajstić information content (AvgIpc) is 3.70. The summed E-state index contributed by atoms with van der Waals surface area (Å²) in [6.45, 7) is 1.53. The van der Waals surface area contributed by atoms with Crippen LogP contribution in [0.4, 0.5) is 0 Å². The van der Waals surface area contributed by atoms with Crippen LogP contribution in [0.25, 0.3) is 33.5 Å². The molecule has 1 atom stereocenters. The highest BCUT2D eigenvalue weighted by atomic mass is 32.2. The van der Waals surface area contributed by atoms with Gasteiger partial charge in [-0.15, -0.1) is 10.2 Å². The maximum absolute atomic E-state index is 5.94. The minimum Gasteiger partial charge on any atom is -0.497 e. The van der Waals surface area contributed by atoms with Crippen LogP contribution in [0.15, 0.2) is 70.5 Å². The smallest absolute Gasteiger partial charge is 0.192 e. The van der Waals surface area contributed by atoms with Crippen molar-refractivity contribution in [1.29, 1.82) is 0 Å². The molecular formula is C26H25N5O3S. The third kappa shape index (κ3) is 4.44. The van der Waals surface area contributed by atoms with Crippen LogP contribution in [-0.2, 0) is 17.0 Å². The minimum absolute atomic E-state index is 0.168. The molecule has 1 saturated heterocycles. The summed E-state index contributed by atoms with van der Waals surface area (Å²) in [4.78, 5) is 3.35. The molecule has 0 spiro atoms. The number of hydrogen-bond donors (Lipinski definition) is 1. The van der Waals surface area contributed by atoms with Gasteiger partial charge >= 0.3 is 0 Å². The van der Waals surface area contributed by atoms with Gasteiger partial charge in [-0.2, -0.15) is 0 Å². The molecule has 1 N–H and O–H groups in total. The highest BCUT2D eigenvalue weighted by Gasteiger charge is 2.23. The fourth-order valence-electron chi connectivity index (χ4n) is 4.42. The summed E-state index contributed by atoms with van der Waals surface area (Å²) >= 11 is 1.59. The number of thioether (sulfide) groups is 1. The van der Waals surface area contributed by atoms with Gasteiger partial charge in [-0.25, -0.2) is 0 Å². The molecule has 178 valence electrons. The molecule has 8 nitrogen and oxygen atoms in total. The van der Waals surface area contributed by atoms with Crippen molar-refractivity contribution in [3.63, 3.8) is 0 Å². The first-order valence-electron chi connectivity index (χ1n) is 11.6. The number of aromatic amines is 1. The summed E-state index contributed by atoms with van der Waals surface area (Å²) in [5, 5.41) is 15.4. The zero-order valence-electron chi connectivity index (χ0n) is 19.3. The van der Waals surface area contributed by atoms with Gasteiger partial charge in [0.25, 0.3) is 0 Å². The Hall–Kier alpha value is -3.56. The Morgan fingerprint density at radius 1 is 1.14 bits per heavy atom. The number of hydrogen-bond acceptors (Lipinski definition) is 7. The van der Waals surface area contributed by atoms with Gasteiger partial charge in [-0.3, -0.25) is 4.57 Å². The number of nitrogens with zero attached hydrogens (tertiary/aromatic N) is 4. The van der Waals surface area contributed by atoms with Crippen molar-refractivity contribution in [3.05, 3.63) is 66.6 Å². The van der Waals surface area contributed by atoms with E-state index in [4.69, 9.17) is 14.0 Å². The van der Waals surface area contributed by atoms with Crippen LogP contribution < -0.4 is 4.74 Å². The van der Waals surface area contributed by atoms with Crippen molar-refractivity contribution in [2.45, 2.75) is 36.4 Å². The van der Waals surface area contributed by atoms with Crippen LogP contribution in [0.3, 0.4) is 0 Å². The molecular weight excluding hydrogens is 462 g/mol. The van der Waals surface area contributed by atoms with Gasteiger partial charge in [0, 0.05) is 40.9 Å². The molecule has 5 aromatic rings. The number of rotatable bonds is 8. The molecule has 2 aromatic carbocycles. The van der Waals surface area contributed by atoms with E-state index >= 15 is 0 Å². The normalized spacial score (nSPS) is 15.7. The van der Waals surface area contributed by atoms with Crippen molar-refractivity contribution in [2.24, 2.45) is 0 Å². The first kappa shape index (κ1) is 21.9. The van der Waals surface area contributed by atoms with Gasteiger partial charge in [0.2, 0.25) is 0 Å². The third-order valence-electron chi connectivity index (χ3n) is 6.25. The SMILES string of the molecule is COc1ccc(-c2cc(CSc3nnc(-c4c[nH]c5ccccc45)n3CC3CCCO3)on2)cc1. The zero-order valence-corrected chi connectivity index (χ0v) is 20.1. The van der Waals surface area contributed by atoms with E-state index < -0.39 is 0 Å². The standard InChI is InChI=1S/C26H25N5O3S/c1-32-18-10-8-17(9-11-18)24-13-20(34-30-24)16-35-26-29-28-25(31(26)15-19-5-4-12-33-19)22-14-27-23-7-3-2-6-21(22)23/h2-3,6-11,13-14,19,27H,4-5,12,15-16H2,1H3. The Bertz CT molecular complexity index is 1430. The second-order valence-corrected chi connectivity index (χ2v) is 9.44. The van der Waals surface area contributed by atoms with E-state index in [1.165, 1.54) is 0 Å². The molecule has 1 fully saturated rings. The fourth-order valence-corrected chi connectivity index (χ4v) is 5.25. The lowest BCUT2D eigenvalue weighted by molar-refractivity contribution is 0.0953. The first-order valence-corrected chi connectivity index (χ1v) is 12.6. The van der Waals surface area contributed by atoms with Crippen molar-refractivity contribution in [1.82, 2.24) is 24.9 Å². The number of H-pyrrole nitrogens is 1. The van der Waals surface area contributed by atoms with Crippen LogP contribution in [0.5, 0.6) is 5.75 Å². The van der Waals surface area contributed by atoms with Gasteiger partial charge < -0.3 is 19.0 Å². The van der Waals surface area contributed by atoms with Crippen molar-refractivity contribution >= 4 is 22.7 Å². The minimum atomic E-state index is 0.168. The summed E-state index contributed by atoms with van der Waals surface area (Å²) in [5.41, 5.74) is 3.90. The molecule has 6 rings (SSSR count). The molecule has 1 unspecified atom stereocenters. The van der Waals surface area contributed by atoms with Gasteiger partial charge in [0.15, 0.2) is 11.0 Å². The molecule has 4 heterocycles. The fraction of sp³-hybridized carbons (Fsp3) is 0.269. The number of methoxy groups -OCH3 is 1. The topological polar surface area (TPSA) is 91.0 Å². The molecule has 9 heteroatoms. The van der Waals surface area contributed by atoms with E-state index in [9.17, 15) is 0 Å². The summed E-state index contributed by atoms with van der Waals surface area (Å²) < 4.78 is 19.0. The lowest BCUT2D eigenvalue weighted by Crippen LogP contribution is -2.16. The monoisotopic (exact) mass is 487 g/mol. The van der Waals surface area contributed by atoms with Gasteiger partial charge in [-0.05, 0) is 43.2 Å². The van der Waals surface area contributed by atoms with Gasteiger partial charge in [-0.1, -0.05) is 35.1 Å². The number of nitrogens with one attached hydrogen (secondary N) is 1. The predicted octanol–water partition coefficient (Wildman–Crippen LogP) is 5.56. The van der Waals surface area contributed by atoms with E-state index in [1.807, 2.05) is 48.7 Å². The van der Waals surface area contributed by atoms with Crippen LogP contribution in [0, 0.1) is 0 Å². The lowest BCUT2D eigenvalue weighted by atomic mass is 10.1. The zero-order chi connectivity index (χ0) is 23.6. The lowest BCUT2D eigenvalue weighted by Gasteiger charge is -2.14. The molecule has 1 aliphatic heterocycles. The van der Waals surface area contributed by atoms with Crippen molar-refractivity contribution in [3.8, 4) is 28.4 Å². The highest BCUT2D eigenvalue weighted by molar-refractivity contribution is 7.98. The number of para-hydroxylation sites is 1. The van der Waals surface area contributed by atoms with E-state index in [0.717, 1.165) is 76.2 Å². The largest absolute Gasteiger partial charge is 0.497 e. The second-order valence-electron chi connectivity index (χ2n) is 8.50. The Labute approximate surface area is 206 Å². The first-order chi connectivity index (χ1) is 17.3. The van der Waals surface area contributed by atoms with E-state index in [2.05, 4.69) is 37.0 Å². The van der Waals surface area contributed by atoms with Gasteiger partial charge in [0.1, 0.15) is 17.2 Å². The molecule has 0 radical (unpaired) electrons. The maximum Gasteiger partial charge on any atom is 0.192 e. The number of fused-ring (bicyclic) bond motifs is 1. The van der Waals surface area contributed by atoms with Crippen LogP contribution in [0.2, 0.25) is 0 Å². The maximum atomic E-state index is 5.94. The van der Waals surface area contributed by atoms with E-state index in [1.54, 1.807) is 18.9 Å². The van der Waals surface area contributed by atoms with E-state index in [-0.39, 0.29) is 6.10 Å². The molecule has 0 saturated carbocycles. The quantitative estimate of drug-likeness (QED) is 0.287. The molecule has 1 aliphatic rings. The summed E-state index contributed by atoms with van der Waals surface area (Å²) in [6.07, 6.45) is 4.31. The van der Waals surface area contributed by atoms with Crippen LogP contribution in [0.1, 0.15) is 18.6 Å². The summed E-state index contributed by atoms with van der Waals surface area (Å²) in [7, 11) is 1.65. The number of ether oxygens (including phenoxy) is 2. The summed E-state index contributed by atoms with van der Waals surface area (Å²) in [5.74, 6) is 3.03. The third-order valence-corrected chi connectivity index (χ3v) is 7.23. The van der Waals surface area contributed by atoms with Crippen LogP contribution in [-0.4, -0.2) is 44.7 Å². The van der Waals surface area contributed by atoms with Gasteiger partial charge in [0.05, 0.1) is 25.5 Å². The molecule has 3 aromatic heterocycles. The average molecular weight is 488 g/mol. The highest BCUT2D eigenvalue weighted by Crippen LogP contribution is 2.33. The molecule has 0 aliphatic carbocycles. The Morgan fingerprint density at radius 3 is 2.86 bits per heavy atom. The molecule has 35 heavy (non-hydrogen) atoms. The Kier molecular flexibility index (Phi) is 6.01. The molecule has 0 bridgehead atoms. The Morgan fingerprint density at radius 2 is 2.03 bits per heavy atom. The summed E-state index contributed by atoms with van der Waals surface area (Å²) in [6, 6.07) is 18.0. The number of aromatic nitrogens is 5. The van der Waals surface area contributed by atoms with Crippen LogP contribution >= 0.6 is 11.8 Å².